The van der Waals surface area contributed by atoms with E-state index >= 15 is 0 Å². The predicted octanol–water partition coefficient (Wildman–Crippen LogP) is 5.13. The van der Waals surface area contributed by atoms with E-state index in [9.17, 15) is 0 Å². The highest BCUT2D eigenvalue weighted by molar-refractivity contribution is 6.91. The van der Waals surface area contributed by atoms with Gasteiger partial charge < -0.3 is 0 Å². The Bertz CT molecular complexity index is 454. The molecule has 1 aromatic rings. The largest absolute Gasteiger partial charge is 0.0873 e. The summed E-state index contributed by atoms with van der Waals surface area (Å²) >= 11 is 0. The van der Waals surface area contributed by atoms with Crippen LogP contribution in [0.1, 0.15) is 40.0 Å². The average Bonchev–Trinajstić information content (AvgIpc) is 2.37. The maximum atomic E-state index is 2.54. The Kier molecular flexibility index (Phi) is 4.05. The molecule has 0 heterocycles. The van der Waals surface area contributed by atoms with Gasteiger partial charge in [-0.2, -0.15) is 0 Å². The van der Waals surface area contributed by atoms with E-state index in [2.05, 4.69) is 70.3 Å². The van der Waals surface area contributed by atoms with E-state index in [0.717, 1.165) is 5.54 Å². The molecule has 1 unspecified atom stereocenters. The highest BCUT2D eigenvalue weighted by Gasteiger charge is 2.35. The minimum absolute atomic E-state index is 0.500. The van der Waals surface area contributed by atoms with Crippen LogP contribution in [0.2, 0.25) is 18.6 Å². The molecule has 19 heavy (non-hydrogen) atoms. The molecule has 1 aromatic carbocycles. The molecule has 0 spiro atoms. The van der Waals surface area contributed by atoms with Gasteiger partial charge in [0.15, 0.2) is 0 Å². The molecule has 0 bridgehead atoms. The van der Waals surface area contributed by atoms with Gasteiger partial charge in [-0.1, -0.05) is 81.0 Å². The molecular weight excluding hydrogens is 244 g/mol. The Morgan fingerprint density at radius 2 is 1.74 bits per heavy atom. The SMILES string of the molecule is CC(C1=CCCC(C)(C)C1)[Si](C)(C)c1ccccc1. The number of hydrogen-bond acceptors (Lipinski definition) is 0. The van der Waals surface area contributed by atoms with Gasteiger partial charge >= 0.3 is 0 Å². The fourth-order valence-corrected chi connectivity index (χ4v) is 5.97. The van der Waals surface area contributed by atoms with Crippen molar-refractivity contribution in [2.45, 2.75) is 58.7 Å². The first-order valence-electron chi connectivity index (χ1n) is 7.57. The fourth-order valence-electron chi connectivity index (χ4n) is 3.27. The minimum Gasteiger partial charge on any atom is -0.0853 e. The maximum absolute atomic E-state index is 2.54. The van der Waals surface area contributed by atoms with Gasteiger partial charge in [-0.05, 0) is 30.2 Å². The van der Waals surface area contributed by atoms with Gasteiger partial charge in [0.1, 0.15) is 0 Å². The van der Waals surface area contributed by atoms with Crippen LogP contribution >= 0.6 is 0 Å². The molecule has 1 aliphatic rings. The van der Waals surface area contributed by atoms with Crippen LogP contribution in [-0.2, 0) is 0 Å². The molecule has 0 saturated heterocycles. The van der Waals surface area contributed by atoms with Gasteiger partial charge in [-0.25, -0.2) is 0 Å². The summed E-state index contributed by atoms with van der Waals surface area (Å²) in [4.78, 5) is 0. The zero-order valence-electron chi connectivity index (χ0n) is 13.2. The van der Waals surface area contributed by atoms with Crippen molar-refractivity contribution in [3.05, 3.63) is 42.0 Å². The molecule has 1 atom stereocenters. The van der Waals surface area contributed by atoms with Crippen LogP contribution in [0.3, 0.4) is 0 Å². The van der Waals surface area contributed by atoms with Crippen molar-refractivity contribution in [2.75, 3.05) is 0 Å². The van der Waals surface area contributed by atoms with E-state index in [4.69, 9.17) is 0 Å². The second-order valence-electron chi connectivity index (χ2n) is 7.47. The Labute approximate surface area is 119 Å². The summed E-state index contributed by atoms with van der Waals surface area (Å²) in [6.45, 7) is 12.4. The zero-order valence-corrected chi connectivity index (χ0v) is 14.2. The standard InChI is InChI=1S/C18H28Si/c1-15(16-10-9-13-18(2,3)14-16)19(4,5)17-11-7-6-8-12-17/h6-8,10-12,15H,9,13-14H2,1-5H3. The van der Waals surface area contributed by atoms with Crippen LogP contribution in [-0.4, -0.2) is 8.07 Å². The van der Waals surface area contributed by atoms with Crippen LogP contribution in [0, 0.1) is 5.41 Å². The second-order valence-corrected chi connectivity index (χ2v) is 12.4. The van der Waals surface area contributed by atoms with Gasteiger partial charge in [0, 0.05) is 0 Å². The average molecular weight is 273 g/mol. The summed E-state index contributed by atoms with van der Waals surface area (Å²) in [5, 5.41) is 1.59. The van der Waals surface area contributed by atoms with Crippen LogP contribution in [0.25, 0.3) is 0 Å². The van der Waals surface area contributed by atoms with Gasteiger partial charge in [0.05, 0.1) is 8.07 Å². The quantitative estimate of drug-likeness (QED) is 0.528. The van der Waals surface area contributed by atoms with Crippen molar-refractivity contribution in [3.8, 4) is 0 Å². The normalized spacial score (nSPS) is 20.8. The predicted molar refractivity (Wildman–Crippen MR) is 88.7 cm³/mol. The maximum Gasteiger partial charge on any atom is 0.0873 e. The molecule has 0 fully saturated rings. The number of allylic oxidation sites excluding steroid dienone is 2. The molecule has 0 amide bonds. The lowest BCUT2D eigenvalue weighted by atomic mass is 9.77. The molecule has 0 N–H and O–H groups in total. The molecular formula is C18H28Si. The Hall–Kier alpha value is -0.823. The molecule has 0 nitrogen and oxygen atoms in total. The van der Waals surface area contributed by atoms with Crippen LogP contribution in [0.4, 0.5) is 0 Å². The third-order valence-corrected chi connectivity index (χ3v) is 9.42. The molecule has 0 saturated carbocycles. The highest BCUT2D eigenvalue weighted by Crippen LogP contribution is 2.42. The molecule has 1 aliphatic carbocycles. The molecule has 0 aliphatic heterocycles. The Balaban J connectivity index is 2.24. The minimum atomic E-state index is -1.40. The summed E-state index contributed by atoms with van der Waals surface area (Å²) in [6, 6.07) is 11.2. The van der Waals surface area contributed by atoms with Crippen molar-refractivity contribution in [2.24, 2.45) is 5.41 Å². The lowest BCUT2D eigenvalue weighted by Crippen LogP contribution is -2.46. The van der Waals surface area contributed by atoms with E-state index in [1.54, 1.807) is 10.8 Å². The van der Waals surface area contributed by atoms with E-state index in [-0.39, 0.29) is 0 Å². The summed E-state index contributed by atoms with van der Waals surface area (Å²) in [6.07, 6.45) is 6.44. The van der Waals surface area contributed by atoms with Gasteiger partial charge in [0.25, 0.3) is 0 Å². The Morgan fingerprint density at radius 3 is 2.32 bits per heavy atom. The highest BCUT2D eigenvalue weighted by atomic mass is 28.3. The first kappa shape index (κ1) is 14.6. The summed E-state index contributed by atoms with van der Waals surface area (Å²) in [5.41, 5.74) is 2.96. The third-order valence-electron chi connectivity index (χ3n) is 5.07. The topological polar surface area (TPSA) is 0 Å². The van der Waals surface area contributed by atoms with Crippen molar-refractivity contribution in [3.63, 3.8) is 0 Å². The Morgan fingerprint density at radius 1 is 1.11 bits per heavy atom. The van der Waals surface area contributed by atoms with Crippen molar-refractivity contribution < 1.29 is 0 Å². The number of benzene rings is 1. The van der Waals surface area contributed by atoms with Gasteiger partial charge in [-0.15, -0.1) is 0 Å². The monoisotopic (exact) mass is 272 g/mol. The van der Waals surface area contributed by atoms with Gasteiger partial charge in [-0.3, -0.25) is 0 Å². The second kappa shape index (κ2) is 5.28. The summed E-state index contributed by atoms with van der Waals surface area (Å²) in [5.74, 6) is 0. The number of hydrogen-bond donors (Lipinski definition) is 0. The third kappa shape index (κ3) is 3.20. The van der Waals surface area contributed by atoms with Crippen LogP contribution in [0.15, 0.2) is 42.0 Å². The van der Waals surface area contributed by atoms with Gasteiger partial charge in [0.2, 0.25) is 0 Å². The first-order valence-corrected chi connectivity index (χ1v) is 10.7. The lowest BCUT2D eigenvalue weighted by Gasteiger charge is -2.38. The molecule has 1 heteroatoms. The fraction of sp³-hybridized carbons (Fsp3) is 0.556. The van der Waals surface area contributed by atoms with E-state index in [0.29, 0.717) is 5.41 Å². The summed E-state index contributed by atoms with van der Waals surface area (Å²) in [7, 11) is -1.40. The molecule has 0 radical (unpaired) electrons. The molecule has 104 valence electrons. The molecule has 0 aromatic heterocycles. The van der Waals surface area contributed by atoms with Crippen LogP contribution < -0.4 is 5.19 Å². The van der Waals surface area contributed by atoms with E-state index in [1.165, 1.54) is 19.3 Å². The van der Waals surface area contributed by atoms with Crippen molar-refractivity contribution in [1.29, 1.82) is 0 Å². The van der Waals surface area contributed by atoms with E-state index < -0.39 is 8.07 Å². The van der Waals surface area contributed by atoms with E-state index in [1.807, 2.05) is 0 Å². The zero-order chi connectivity index (χ0) is 14.1. The van der Waals surface area contributed by atoms with Crippen molar-refractivity contribution in [1.82, 2.24) is 0 Å². The molecule has 2 rings (SSSR count). The lowest BCUT2D eigenvalue weighted by molar-refractivity contribution is 0.316. The van der Waals surface area contributed by atoms with Crippen LogP contribution in [0.5, 0.6) is 0 Å². The smallest absolute Gasteiger partial charge is 0.0853 e. The number of rotatable bonds is 3. The van der Waals surface area contributed by atoms with Crippen molar-refractivity contribution >= 4 is 13.3 Å². The first-order chi connectivity index (χ1) is 8.83. The summed E-state index contributed by atoms with van der Waals surface area (Å²) < 4.78 is 0.